The van der Waals surface area contributed by atoms with E-state index in [4.69, 9.17) is 11.6 Å². The van der Waals surface area contributed by atoms with E-state index in [1.807, 2.05) is 45.0 Å². The molecule has 1 unspecified atom stereocenters. The Kier molecular flexibility index (Phi) is 8.65. The van der Waals surface area contributed by atoms with Gasteiger partial charge in [0, 0.05) is 23.7 Å². The second kappa shape index (κ2) is 11.0. The van der Waals surface area contributed by atoms with Gasteiger partial charge in [-0.1, -0.05) is 61.3 Å². The lowest BCUT2D eigenvalue weighted by atomic mass is 10.1. The lowest BCUT2D eigenvalue weighted by Gasteiger charge is -2.31. The molecule has 2 amide bonds. The molecule has 0 aliphatic carbocycles. The van der Waals surface area contributed by atoms with Gasteiger partial charge in [0.15, 0.2) is 0 Å². The smallest absolute Gasteiger partial charge is 0.242 e. The standard InChI is InChI=1S/C23H28ClFN2O2/c1-4-13-26-23(29)21(5-2)27(15-17-11-9-16(3)10-12-17)22(28)14-18-19(24)7-6-8-20(18)25/h6-12,21H,4-5,13-15H2,1-3H3,(H,26,29). The van der Waals surface area contributed by atoms with Crippen LogP contribution < -0.4 is 5.32 Å². The maximum Gasteiger partial charge on any atom is 0.242 e. The number of carbonyl (C=O) groups excluding carboxylic acids is 2. The van der Waals surface area contributed by atoms with E-state index < -0.39 is 11.9 Å². The fourth-order valence-corrected chi connectivity index (χ4v) is 3.36. The highest BCUT2D eigenvalue weighted by atomic mass is 35.5. The van der Waals surface area contributed by atoms with Crippen LogP contribution in [0.2, 0.25) is 5.02 Å². The van der Waals surface area contributed by atoms with E-state index in [9.17, 15) is 14.0 Å². The summed E-state index contributed by atoms with van der Waals surface area (Å²) in [6, 6.07) is 11.5. The van der Waals surface area contributed by atoms with Crippen LogP contribution in [-0.2, 0) is 22.6 Å². The molecule has 0 radical (unpaired) electrons. The molecular formula is C23H28ClFN2O2. The van der Waals surface area contributed by atoms with Gasteiger partial charge in [-0.2, -0.15) is 0 Å². The van der Waals surface area contributed by atoms with Gasteiger partial charge in [0.2, 0.25) is 11.8 Å². The molecule has 0 aliphatic heterocycles. The van der Waals surface area contributed by atoms with Crippen LogP contribution in [0.4, 0.5) is 4.39 Å². The zero-order chi connectivity index (χ0) is 21.4. The molecule has 1 atom stereocenters. The van der Waals surface area contributed by atoms with E-state index in [0.29, 0.717) is 13.0 Å². The van der Waals surface area contributed by atoms with E-state index in [1.165, 1.54) is 17.0 Å². The number of nitrogens with one attached hydrogen (secondary N) is 1. The van der Waals surface area contributed by atoms with Crippen molar-refractivity contribution in [1.82, 2.24) is 10.2 Å². The molecule has 0 spiro atoms. The SMILES string of the molecule is CCCNC(=O)C(CC)N(Cc1ccc(C)cc1)C(=O)Cc1c(F)cccc1Cl. The Morgan fingerprint density at radius 2 is 1.83 bits per heavy atom. The first-order valence-corrected chi connectivity index (χ1v) is 10.3. The van der Waals surface area contributed by atoms with Crippen LogP contribution >= 0.6 is 11.6 Å². The normalized spacial score (nSPS) is 11.8. The maximum atomic E-state index is 14.2. The number of benzene rings is 2. The Morgan fingerprint density at radius 1 is 1.14 bits per heavy atom. The molecule has 156 valence electrons. The Balaban J connectivity index is 2.32. The lowest BCUT2D eigenvalue weighted by molar-refractivity contribution is -0.141. The van der Waals surface area contributed by atoms with E-state index in [0.717, 1.165) is 17.5 Å². The molecular weight excluding hydrogens is 391 g/mol. The van der Waals surface area contributed by atoms with Crippen LogP contribution in [0.3, 0.4) is 0 Å². The van der Waals surface area contributed by atoms with Gasteiger partial charge in [0.25, 0.3) is 0 Å². The number of carbonyl (C=O) groups is 2. The minimum absolute atomic E-state index is 0.150. The van der Waals surface area contributed by atoms with Crippen LogP contribution in [0.1, 0.15) is 43.4 Å². The number of halogens is 2. The number of amides is 2. The zero-order valence-corrected chi connectivity index (χ0v) is 17.9. The predicted molar refractivity (Wildman–Crippen MR) is 114 cm³/mol. The molecule has 2 aromatic rings. The van der Waals surface area contributed by atoms with Crippen LogP contribution in [0.15, 0.2) is 42.5 Å². The number of rotatable bonds is 9. The molecule has 0 bridgehead atoms. The molecule has 0 saturated carbocycles. The molecule has 0 fully saturated rings. The van der Waals surface area contributed by atoms with Crippen molar-refractivity contribution in [1.29, 1.82) is 0 Å². The summed E-state index contributed by atoms with van der Waals surface area (Å²) in [5.41, 5.74) is 2.17. The first kappa shape index (κ1) is 22.9. The molecule has 1 N–H and O–H groups in total. The fourth-order valence-electron chi connectivity index (χ4n) is 3.13. The molecule has 0 saturated heterocycles. The van der Waals surface area contributed by atoms with Crippen molar-refractivity contribution >= 4 is 23.4 Å². The van der Waals surface area contributed by atoms with Crippen molar-refractivity contribution in [2.45, 2.75) is 52.6 Å². The number of aryl methyl sites for hydroxylation is 1. The number of hydrogen-bond donors (Lipinski definition) is 1. The fraction of sp³-hybridized carbons (Fsp3) is 0.391. The first-order chi connectivity index (χ1) is 13.9. The highest BCUT2D eigenvalue weighted by molar-refractivity contribution is 6.31. The molecule has 0 aromatic heterocycles. The minimum Gasteiger partial charge on any atom is -0.354 e. The minimum atomic E-state index is -0.638. The van der Waals surface area contributed by atoms with Crippen molar-refractivity contribution in [3.63, 3.8) is 0 Å². The quantitative estimate of drug-likeness (QED) is 0.643. The van der Waals surface area contributed by atoms with E-state index in [1.54, 1.807) is 6.07 Å². The van der Waals surface area contributed by atoms with E-state index >= 15 is 0 Å². The van der Waals surface area contributed by atoms with Crippen molar-refractivity contribution in [2.75, 3.05) is 6.54 Å². The van der Waals surface area contributed by atoms with E-state index in [-0.39, 0.29) is 35.4 Å². The highest BCUT2D eigenvalue weighted by Crippen LogP contribution is 2.22. The molecule has 29 heavy (non-hydrogen) atoms. The van der Waals surface area contributed by atoms with Gasteiger partial charge in [-0.25, -0.2) is 4.39 Å². The molecule has 0 heterocycles. The summed E-state index contributed by atoms with van der Waals surface area (Å²) in [5.74, 6) is -1.06. The molecule has 0 aliphatic rings. The third-order valence-corrected chi connectivity index (χ3v) is 5.15. The monoisotopic (exact) mass is 418 g/mol. The van der Waals surface area contributed by atoms with Gasteiger partial charge < -0.3 is 10.2 Å². The van der Waals surface area contributed by atoms with Gasteiger partial charge in [-0.05, 0) is 37.5 Å². The largest absolute Gasteiger partial charge is 0.354 e. The summed E-state index contributed by atoms with van der Waals surface area (Å²) in [5, 5.41) is 3.07. The second-order valence-electron chi connectivity index (χ2n) is 7.10. The highest BCUT2D eigenvalue weighted by Gasteiger charge is 2.29. The van der Waals surface area contributed by atoms with E-state index in [2.05, 4.69) is 5.32 Å². The van der Waals surface area contributed by atoms with Gasteiger partial charge in [-0.3, -0.25) is 9.59 Å². The molecule has 4 nitrogen and oxygen atoms in total. The predicted octanol–water partition coefficient (Wildman–Crippen LogP) is 4.66. The third-order valence-electron chi connectivity index (χ3n) is 4.80. The summed E-state index contributed by atoms with van der Waals surface area (Å²) in [4.78, 5) is 27.4. The van der Waals surface area contributed by atoms with Gasteiger partial charge >= 0.3 is 0 Å². The van der Waals surface area contributed by atoms with Gasteiger partial charge in [0.1, 0.15) is 11.9 Å². The third kappa shape index (κ3) is 6.29. The van der Waals surface area contributed by atoms with Crippen LogP contribution in [-0.4, -0.2) is 29.3 Å². The average molecular weight is 419 g/mol. The van der Waals surface area contributed by atoms with Crippen molar-refractivity contribution in [3.05, 3.63) is 70.0 Å². The summed E-state index contributed by atoms with van der Waals surface area (Å²) in [7, 11) is 0. The Bertz CT molecular complexity index is 819. The Hall–Kier alpha value is -2.40. The maximum absolute atomic E-state index is 14.2. The second-order valence-corrected chi connectivity index (χ2v) is 7.51. The average Bonchev–Trinajstić information content (AvgIpc) is 2.70. The van der Waals surface area contributed by atoms with Crippen molar-refractivity contribution in [3.8, 4) is 0 Å². The molecule has 2 aromatic carbocycles. The number of nitrogens with zero attached hydrogens (tertiary/aromatic N) is 1. The van der Waals surface area contributed by atoms with Crippen LogP contribution in [0, 0.1) is 12.7 Å². The summed E-state index contributed by atoms with van der Waals surface area (Å²) < 4.78 is 14.2. The van der Waals surface area contributed by atoms with Crippen molar-refractivity contribution < 1.29 is 14.0 Å². The van der Waals surface area contributed by atoms with Crippen LogP contribution in [0.25, 0.3) is 0 Å². The Labute approximate surface area is 177 Å². The lowest BCUT2D eigenvalue weighted by Crippen LogP contribution is -2.49. The first-order valence-electron chi connectivity index (χ1n) is 9.92. The summed E-state index contributed by atoms with van der Waals surface area (Å²) in [6.07, 6.45) is 1.06. The van der Waals surface area contributed by atoms with Gasteiger partial charge in [-0.15, -0.1) is 0 Å². The van der Waals surface area contributed by atoms with Crippen molar-refractivity contribution in [2.24, 2.45) is 0 Å². The molecule has 2 rings (SSSR count). The Morgan fingerprint density at radius 3 is 2.41 bits per heavy atom. The van der Waals surface area contributed by atoms with Crippen LogP contribution in [0.5, 0.6) is 0 Å². The summed E-state index contributed by atoms with van der Waals surface area (Å²) in [6.45, 7) is 6.63. The topological polar surface area (TPSA) is 49.4 Å². The molecule has 6 heteroatoms. The number of hydrogen-bond acceptors (Lipinski definition) is 2. The summed E-state index contributed by atoms with van der Waals surface area (Å²) >= 11 is 6.11. The van der Waals surface area contributed by atoms with Gasteiger partial charge in [0.05, 0.1) is 6.42 Å². The zero-order valence-electron chi connectivity index (χ0n) is 17.2.